The molecule has 0 heterocycles. The Bertz CT molecular complexity index is 433. The molecule has 1 aromatic rings. The van der Waals surface area contributed by atoms with Gasteiger partial charge in [-0.3, -0.25) is 4.79 Å². The zero-order chi connectivity index (χ0) is 11.7. The number of carboxylic acids is 1. The Morgan fingerprint density at radius 2 is 2.12 bits per heavy atom. The predicted octanol–water partition coefficient (Wildman–Crippen LogP) is 2.81. The molecule has 2 nitrogen and oxygen atoms in total. The Balaban J connectivity index is 2.34. The fourth-order valence-electron chi connectivity index (χ4n) is 2.80. The summed E-state index contributed by atoms with van der Waals surface area (Å²) in [4.78, 5) is 10.6. The van der Waals surface area contributed by atoms with Crippen LogP contribution in [0.25, 0.3) is 0 Å². The molecule has 0 radical (unpaired) electrons. The SMILES string of the molecule is Cc1cc2c(c(C)c1CCC(=O)O)CCC2. The molecule has 1 N–H and O–H groups in total. The summed E-state index contributed by atoms with van der Waals surface area (Å²) in [5.41, 5.74) is 6.82. The van der Waals surface area contributed by atoms with Gasteiger partial charge in [0.05, 0.1) is 0 Å². The monoisotopic (exact) mass is 218 g/mol. The van der Waals surface area contributed by atoms with Crippen LogP contribution in [0, 0.1) is 13.8 Å². The number of hydrogen-bond donors (Lipinski definition) is 1. The Kier molecular flexibility index (Phi) is 2.99. The predicted molar refractivity (Wildman–Crippen MR) is 63.9 cm³/mol. The third-order valence-electron chi connectivity index (χ3n) is 3.62. The molecule has 1 aliphatic carbocycles. The van der Waals surface area contributed by atoms with Crippen molar-refractivity contribution in [2.45, 2.75) is 46.0 Å². The fourth-order valence-corrected chi connectivity index (χ4v) is 2.80. The topological polar surface area (TPSA) is 37.3 Å². The first kappa shape index (κ1) is 11.2. The van der Waals surface area contributed by atoms with E-state index in [1.54, 1.807) is 0 Å². The summed E-state index contributed by atoms with van der Waals surface area (Å²) in [6, 6.07) is 2.26. The smallest absolute Gasteiger partial charge is 0.303 e. The Hall–Kier alpha value is -1.31. The van der Waals surface area contributed by atoms with Crippen molar-refractivity contribution >= 4 is 5.97 Å². The molecule has 0 atom stereocenters. The van der Waals surface area contributed by atoms with E-state index in [0.29, 0.717) is 6.42 Å². The summed E-state index contributed by atoms with van der Waals surface area (Å²) < 4.78 is 0. The van der Waals surface area contributed by atoms with Crippen LogP contribution in [0.15, 0.2) is 6.07 Å². The van der Waals surface area contributed by atoms with Gasteiger partial charge in [-0.05, 0) is 67.3 Å². The average Bonchev–Trinajstić information content (AvgIpc) is 2.64. The Labute approximate surface area is 96.3 Å². The van der Waals surface area contributed by atoms with E-state index >= 15 is 0 Å². The van der Waals surface area contributed by atoms with Crippen LogP contribution in [0.2, 0.25) is 0 Å². The summed E-state index contributed by atoms with van der Waals surface area (Å²) in [6.45, 7) is 4.25. The highest BCUT2D eigenvalue weighted by Crippen LogP contribution is 2.30. The van der Waals surface area contributed by atoms with Crippen molar-refractivity contribution in [2.75, 3.05) is 0 Å². The number of aryl methyl sites for hydroxylation is 2. The lowest BCUT2D eigenvalue weighted by molar-refractivity contribution is -0.136. The second-order valence-corrected chi connectivity index (χ2v) is 4.68. The van der Waals surface area contributed by atoms with E-state index in [9.17, 15) is 4.79 Å². The molecule has 0 fully saturated rings. The zero-order valence-corrected chi connectivity index (χ0v) is 9.97. The first-order valence-corrected chi connectivity index (χ1v) is 5.92. The first-order chi connectivity index (χ1) is 7.59. The van der Waals surface area contributed by atoms with Crippen molar-refractivity contribution in [2.24, 2.45) is 0 Å². The van der Waals surface area contributed by atoms with Crippen molar-refractivity contribution in [1.82, 2.24) is 0 Å². The quantitative estimate of drug-likeness (QED) is 0.847. The summed E-state index contributed by atoms with van der Waals surface area (Å²) in [5, 5.41) is 8.75. The third kappa shape index (κ3) is 1.97. The Morgan fingerprint density at radius 1 is 1.38 bits per heavy atom. The van der Waals surface area contributed by atoms with Gasteiger partial charge in [-0.15, -0.1) is 0 Å². The molecule has 0 amide bonds. The molecule has 2 rings (SSSR count). The molecule has 0 aromatic heterocycles. The normalized spacial score (nSPS) is 13.9. The van der Waals surface area contributed by atoms with Gasteiger partial charge in [-0.2, -0.15) is 0 Å². The molecular formula is C14H18O2. The lowest BCUT2D eigenvalue weighted by Gasteiger charge is -2.14. The second kappa shape index (κ2) is 4.28. The van der Waals surface area contributed by atoms with Crippen LogP contribution in [0.4, 0.5) is 0 Å². The number of benzene rings is 1. The van der Waals surface area contributed by atoms with Crippen molar-refractivity contribution in [3.8, 4) is 0 Å². The lowest BCUT2D eigenvalue weighted by Crippen LogP contribution is -2.03. The van der Waals surface area contributed by atoms with Gasteiger partial charge < -0.3 is 5.11 Å². The molecule has 16 heavy (non-hydrogen) atoms. The van der Waals surface area contributed by atoms with Gasteiger partial charge in [-0.25, -0.2) is 0 Å². The molecule has 0 bridgehead atoms. The van der Waals surface area contributed by atoms with Gasteiger partial charge >= 0.3 is 5.97 Å². The number of hydrogen-bond acceptors (Lipinski definition) is 1. The van der Waals surface area contributed by atoms with Gasteiger partial charge in [0.25, 0.3) is 0 Å². The van der Waals surface area contributed by atoms with Gasteiger partial charge in [0.1, 0.15) is 0 Å². The van der Waals surface area contributed by atoms with Gasteiger partial charge in [0.2, 0.25) is 0 Å². The van der Waals surface area contributed by atoms with Crippen LogP contribution in [0.1, 0.15) is 40.7 Å². The van der Waals surface area contributed by atoms with Crippen LogP contribution < -0.4 is 0 Å². The molecule has 86 valence electrons. The highest BCUT2D eigenvalue weighted by atomic mass is 16.4. The molecule has 0 aliphatic heterocycles. The maximum atomic E-state index is 10.6. The van der Waals surface area contributed by atoms with Crippen LogP contribution in [-0.4, -0.2) is 11.1 Å². The van der Waals surface area contributed by atoms with E-state index in [-0.39, 0.29) is 6.42 Å². The average molecular weight is 218 g/mol. The maximum absolute atomic E-state index is 10.6. The summed E-state index contributed by atoms with van der Waals surface area (Å²) in [7, 11) is 0. The zero-order valence-electron chi connectivity index (χ0n) is 9.97. The number of carbonyl (C=O) groups is 1. The van der Waals surface area contributed by atoms with Gasteiger partial charge in [-0.1, -0.05) is 6.07 Å². The molecule has 1 aliphatic rings. The Morgan fingerprint density at radius 3 is 2.81 bits per heavy atom. The molecule has 0 saturated carbocycles. The highest BCUT2D eigenvalue weighted by molar-refractivity contribution is 5.67. The number of carboxylic acid groups (broad SMARTS) is 1. The van der Waals surface area contributed by atoms with E-state index < -0.39 is 5.97 Å². The third-order valence-corrected chi connectivity index (χ3v) is 3.62. The number of rotatable bonds is 3. The summed E-state index contributed by atoms with van der Waals surface area (Å²) >= 11 is 0. The van der Waals surface area contributed by atoms with Gasteiger partial charge in [0, 0.05) is 6.42 Å². The fraction of sp³-hybridized carbons (Fsp3) is 0.500. The van der Waals surface area contributed by atoms with E-state index in [2.05, 4.69) is 19.9 Å². The number of aliphatic carboxylic acids is 1. The van der Waals surface area contributed by atoms with Crippen LogP contribution in [0.3, 0.4) is 0 Å². The molecular weight excluding hydrogens is 200 g/mol. The van der Waals surface area contributed by atoms with Crippen molar-refractivity contribution in [3.05, 3.63) is 33.9 Å². The molecule has 0 unspecified atom stereocenters. The molecule has 2 heteroatoms. The van der Waals surface area contributed by atoms with Crippen molar-refractivity contribution in [1.29, 1.82) is 0 Å². The second-order valence-electron chi connectivity index (χ2n) is 4.68. The minimum Gasteiger partial charge on any atom is -0.481 e. The van der Waals surface area contributed by atoms with E-state index in [1.807, 2.05) is 0 Å². The summed E-state index contributed by atoms with van der Waals surface area (Å²) in [5.74, 6) is -0.709. The van der Waals surface area contributed by atoms with E-state index in [0.717, 1.165) is 0 Å². The van der Waals surface area contributed by atoms with E-state index in [1.165, 1.54) is 47.1 Å². The molecule has 0 spiro atoms. The largest absolute Gasteiger partial charge is 0.481 e. The van der Waals surface area contributed by atoms with Crippen LogP contribution >= 0.6 is 0 Å². The van der Waals surface area contributed by atoms with Crippen molar-refractivity contribution < 1.29 is 9.90 Å². The van der Waals surface area contributed by atoms with E-state index in [4.69, 9.17) is 5.11 Å². The highest BCUT2D eigenvalue weighted by Gasteiger charge is 2.17. The molecule has 1 aromatic carbocycles. The maximum Gasteiger partial charge on any atom is 0.303 e. The van der Waals surface area contributed by atoms with Crippen LogP contribution in [0.5, 0.6) is 0 Å². The minimum absolute atomic E-state index is 0.237. The molecule has 0 saturated heterocycles. The van der Waals surface area contributed by atoms with Crippen LogP contribution in [-0.2, 0) is 24.1 Å². The summed E-state index contributed by atoms with van der Waals surface area (Å²) in [6.07, 6.45) is 4.51. The first-order valence-electron chi connectivity index (χ1n) is 5.92. The lowest BCUT2D eigenvalue weighted by atomic mass is 9.92. The standard InChI is InChI=1S/C14H18O2/c1-9-8-11-4-3-5-13(11)10(2)12(9)6-7-14(15)16/h8H,3-7H2,1-2H3,(H,15,16). The minimum atomic E-state index is -0.709. The van der Waals surface area contributed by atoms with Crippen molar-refractivity contribution in [3.63, 3.8) is 0 Å². The van der Waals surface area contributed by atoms with Gasteiger partial charge in [0.15, 0.2) is 0 Å². The number of fused-ring (bicyclic) bond motifs is 1.